The molecule has 2 amide bonds. The maximum Gasteiger partial charge on any atom is 0.338 e. The first-order valence-electron chi connectivity index (χ1n) is 9.68. The zero-order chi connectivity index (χ0) is 22.6. The second-order valence-corrected chi connectivity index (χ2v) is 6.21. The molecule has 0 bridgehead atoms. The zero-order valence-electron chi connectivity index (χ0n) is 17.3. The smallest absolute Gasteiger partial charge is 0.338 e. The summed E-state index contributed by atoms with van der Waals surface area (Å²) in [6.07, 6.45) is 0. The van der Waals surface area contributed by atoms with Crippen molar-refractivity contribution in [2.75, 3.05) is 26.3 Å². The molecular formula is C22H24N2O7. The monoisotopic (exact) mass is 428 g/mol. The maximum atomic E-state index is 11.9. The molecule has 0 spiro atoms. The lowest BCUT2D eigenvalue weighted by atomic mass is 10.2. The Hall–Kier alpha value is -3.88. The van der Waals surface area contributed by atoms with Gasteiger partial charge in [-0.2, -0.15) is 0 Å². The molecule has 0 aliphatic heterocycles. The Labute approximate surface area is 179 Å². The number of hydrogen-bond donors (Lipinski definition) is 2. The molecule has 31 heavy (non-hydrogen) atoms. The largest absolute Gasteiger partial charge is 0.457 e. The van der Waals surface area contributed by atoms with E-state index in [9.17, 15) is 19.2 Å². The fourth-order valence-electron chi connectivity index (χ4n) is 2.38. The molecule has 9 nitrogen and oxygen atoms in total. The molecule has 0 fully saturated rings. The van der Waals surface area contributed by atoms with Crippen LogP contribution in [0.4, 0.5) is 0 Å². The van der Waals surface area contributed by atoms with E-state index in [1.807, 2.05) is 0 Å². The third kappa shape index (κ3) is 7.81. The minimum absolute atomic E-state index is 0.279. The first-order valence-corrected chi connectivity index (χ1v) is 9.68. The predicted molar refractivity (Wildman–Crippen MR) is 111 cm³/mol. The molecule has 2 aromatic carbocycles. The minimum atomic E-state index is -0.617. The number of carbonyl (C=O) groups excluding carboxylic acids is 4. The van der Waals surface area contributed by atoms with Crippen LogP contribution in [-0.2, 0) is 19.1 Å². The molecule has 164 valence electrons. The van der Waals surface area contributed by atoms with Crippen LogP contribution in [0, 0.1) is 0 Å². The normalized spacial score (nSPS) is 10.0. The fourth-order valence-corrected chi connectivity index (χ4v) is 2.38. The van der Waals surface area contributed by atoms with Crippen LogP contribution < -0.4 is 15.4 Å². The van der Waals surface area contributed by atoms with E-state index in [0.29, 0.717) is 24.6 Å². The van der Waals surface area contributed by atoms with E-state index in [-0.39, 0.29) is 36.2 Å². The van der Waals surface area contributed by atoms with Crippen LogP contribution in [0.15, 0.2) is 48.5 Å². The highest BCUT2D eigenvalue weighted by Gasteiger charge is 2.12. The average molecular weight is 428 g/mol. The van der Waals surface area contributed by atoms with Crippen LogP contribution >= 0.6 is 0 Å². The predicted octanol–water partition coefficient (Wildman–Crippen LogP) is 2.06. The number of nitrogens with one attached hydrogen (secondary N) is 2. The van der Waals surface area contributed by atoms with Gasteiger partial charge < -0.3 is 24.8 Å². The Bertz CT molecular complexity index is 833. The molecule has 0 heterocycles. The number of amides is 2. The minimum Gasteiger partial charge on any atom is -0.457 e. The van der Waals surface area contributed by atoms with Gasteiger partial charge in [0.15, 0.2) is 13.2 Å². The molecule has 0 aromatic heterocycles. The molecular weight excluding hydrogens is 404 g/mol. The molecule has 9 heteroatoms. The first-order chi connectivity index (χ1) is 14.9. The topological polar surface area (TPSA) is 120 Å². The van der Waals surface area contributed by atoms with Crippen LogP contribution in [0.2, 0.25) is 0 Å². The van der Waals surface area contributed by atoms with E-state index in [4.69, 9.17) is 14.2 Å². The van der Waals surface area contributed by atoms with Crippen LogP contribution in [0.5, 0.6) is 11.5 Å². The Morgan fingerprint density at radius 1 is 0.645 bits per heavy atom. The van der Waals surface area contributed by atoms with Gasteiger partial charge in [-0.3, -0.25) is 9.59 Å². The lowest BCUT2D eigenvalue weighted by Gasteiger charge is -2.08. The average Bonchev–Trinajstić information content (AvgIpc) is 2.77. The number of hydrogen-bond acceptors (Lipinski definition) is 7. The van der Waals surface area contributed by atoms with Gasteiger partial charge in [-0.15, -0.1) is 0 Å². The van der Waals surface area contributed by atoms with E-state index in [1.165, 1.54) is 24.3 Å². The standard InChI is InChI=1S/C22H24N2O7/c1-3-23-19(25)13-29-21(27)15-5-9-17(10-6-15)31-18-11-7-16(8-12-18)22(28)30-14-20(26)24-4-2/h5-12H,3-4,13-14H2,1-2H3,(H,23,25)(H,24,26). The van der Waals surface area contributed by atoms with Crippen molar-refractivity contribution < 1.29 is 33.4 Å². The van der Waals surface area contributed by atoms with E-state index < -0.39 is 11.9 Å². The van der Waals surface area contributed by atoms with Crippen molar-refractivity contribution in [1.82, 2.24) is 10.6 Å². The Morgan fingerprint density at radius 2 is 1.00 bits per heavy atom. The van der Waals surface area contributed by atoms with Crippen LogP contribution in [-0.4, -0.2) is 50.1 Å². The molecule has 2 rings (SSSR count). The van der Waals surface area contributed by atoms with Crippen molar-refractivity contribution in [2.45, 2.75) is 13.8 Å². The van der Waals surface area contributed by atoms with Crippen molar-refractivity contribution in [3.63, 3.8) is 0 Å². The van der Waals surface area contributed by atoms with Gasteiger partial charge in [0.1, 0.15) is 11.5 Å². The first kappa shape index (κ1) is 23.4. The third-order valence-corrected chi connectivity index (χ3v) is 3.83. The summed E-state index contributed by atoms with van der Waals surface area (Å²) < 4.78 is 15.5. The number of esters is 2. The van der Waals surface area contributed by atoms with E-state index in [0.717, 1.165) is 0 Å². The maximum absolute atomic E-state index is 11.9. The quantitative estimate of drug-likeness (QED) is 0.556. The van der Waals surface area contributed by atoms with E-state index in [2.05, 4.69) is 10.6 Å². The third-order valence-electron chi connectivity index (χ3n) is 3.83. The lowest BCUT2D eigenvalue weighted by Crippen LogP contribution is -2.28. The number of carbonyl (C=O) groups is 4. The van der Waals surface area contributed by atoms with Crippen molar-refractivity contribution in [3.05, 3.63) is 59.7 Å². The van der Waals surface area contributed by atoms with E-state index >= 15 is 0 Å². The molecule has 2 aromatic rings. The Balaban J connectivity index is 1.87. The molecule has 0 atom stereocenters. The second-order valence-electron chi connectivity index (χ2n) is 6.21. The number of benzene rings is 2. The van der Waals surface area contributed by atoms with Crippen molar-refractivity contribution in [2.24, 2.45) is 0 Å². The van der Waals surface area contributed by atoms with Crippen LogP contribution in [0.25, 0.3) is 0 Å². The Morgan fingerprint density at radius 3 is 1.32 bits per heavy atom. The second kappa shape index (κ2) is 12.0. The zero-order valence-corrected chi connectivity index (χ0v) is 17.3. The number of rotatable bonds is 10. The summed E-state index contributed by atoms with van der Waals surface area (Å²) in [6.45, 7) is 3.77. The van der Waals surface area contributed by atoms with Crippen molar-refractivity contribution in [3.8, 4) is 11.5 Å². The van der Waals surface area contributed by atoms with Gasteiger partial charge in [0.2, 0.25) is 0 Å². The van der Waals surface area contributed by atoms with Gasteiger partial charge in [0.05, 0.1) is 11.1 Å². The van der Waals surface area contributed by atoms with Crippen molar-refractivity contribution >= 4 is 23.8 Å². The molecule has 0 saturated heterocycles. The van der Waals surface area contributed by atoms with E-state index in [1.54, 1.807) is 38.1 Å². The van der Waals surface area contributed by atoms with Gasteiger partial charge >= 0.3 is 11.9 Å². The highest BCUT2D eigenvalue weighted by atomic mass is 16.5. The Kier molecular flexibility index (Phi) is 9.03. The van der Waals surface area contributed by atoms with Gasteiger partial charge in [-0.25, -0.2) is 9.59 Å². The highest BCUT2D eigenvalue weighted by molar-refractivity contribution is 5.92. The summed E-state index contributed by atoms with van der Waals surface area (Å²) in [4.78, 5) is 46.6. The fraction of sp³-hybridized carbons (Fsp3) is 0.273. The lowest BCUT2D eigenvalue weighted by molar-refractivity contribution is -0.124. The summed E-state index contributed by atoms with van der Waals surface area (Å²) in [5.41, 5.74) is 0.559. The van der Waals surface area contributed by atoms with Gasteiger partial charge in [0, 0.05) is 13.1 Å². The summed E-state index contributed by atoms with van der Waals surface area (Å²) >= 11 is 0. The van der Waals surface area contributed by atoms with Gasteiger partial charge in [-0.05, 0) is 62.4 Å². The summed E-state index contributed by atoms with van der Waals surface area (Å²) in [7, 11) is 0. The van der Waals surface area contributed by atoms with Gasteiger partial charge in [-0.1, -0.05) is 0 Å². The molecule has 0 radical (unpaired) electrons. The SMILES string of the molecule is CCNC(=O)COC(=O)c1ccc(Oc2ccc(C(=O)OCC(=O)NCC)cc2)cc1. The van der Waals surface area contributed by atoms with Crippen LogP contribution in [0.3, 0.4) is 0 Å². The van der Waals surface area contributed by atoms with Gasteiger partial charge in [0.25, 0.3) is 11.8 Å². The molecule has 0 saturated carbocycles. The summed E-state index contributed by atoms with van der Waals surface area (Å²) in [5, 5.41) is 5.07. The van der Waals surface area contributed by atoms with Crippen LogP contribution in [0.1, 0.15) is 34.6 Å². The number of likely N-dealkylation sites (N-methyl/N-ethyl adjacent to an activating group) is 2. The number of ether oxygens (including phenoxy) is 3. The highest BCUT2D eigenvalue weighted by Crippen LogP contribution is 2.22. The molecule has 0 aliphatic carbocycles. The molecule has 0 unspecified atom stereocenters. The van der Waals surface area contributed by atoms with Crippen molar-refractivity contribution in [1.29, 1.82) is 0 Å². The summed E-state index contributed by atoms with van der Waals surface area (Å²) in [5.74, 6) is -1.04. The molecule has 2 N–H and O–H groups in total. The summed E-state index contributed by atoms with van der Waals surface area (Å²) in [6, 6.07) is 12.4. The molecule has 0 aliphatic rings.